The largest absolute Gasteiger partial charge is 0.489 e. The minimum Gasteiger partial charge on any atom is -0.489 e. The zero-order valence-corrected chi connectivity index (χ0v) is 11.3. The van der Waals surface area contributed by atoms with Crippen LogP contribution < -0.4 is 10.1 Å². The van der Waals surface area contributed by atoms with Crippen molar-refractivity contribution in [2.24, 2.45) is 0 Å². The molecule has 0 aromatic heterocycles. The number of rotatable bonds is 6. The summed E-state index contributed by atoms with van der Waals surface area (Å²) in [7, 11) is 0. The molecule has 2 nitrogen and oxygen atoms in total. The van der Waals surface area contributed by atoms with E-state index in [0.717, 1.165) is 18.2 Å². The number of hydrogen-bond donors (Lipinski definition) is 1. The molecule has 0 radical (unpaired) electrons. The summed E-state index contributed by atoms with van der Waals surface area (Å²) in [4.78, 5) is 0. The van der Waals surface area contributed by atoms with Gasteiger partial charge in [0.15, 0.2) is 11.6 Å². The van der Waals surface area contributed by atoms with Crippen LogP contribution in [0.15, 0.2) is 48.5 Å². The van der Waals surface area contributed by atoms with Gasteiger partial charge in [-0.25, -0.2) is 8.78 Å². The molecule has 2 aromatic rings. The Kier molecular flexibility index (Phi) is 5.07. The molecule has 0 aliphatic carbocycles. The zero-order valence-electron chi connectivity index (χ0n) is 11.3. The fourth-order valence-corrected chi connectivity index (χ4v) is 1.97. The summed E-state index contributed by atoms with van der Waals surface area (Å²) < 4.78 is 31.8. The van der Waals surface area contributed by atoms with Gasteiger partial charge in [-0.3, -0.25) is 0 Å². The third-order valence-electron chi connectivity index (χ3n) is 2.95. The van der Waals surface area contributed by atoms with Gasteiger partial charge in [-0.05, 0) is 24.2 Å². The van der Waals surface area contributed by atoms with E-state index in [1.165, 1.54) is 12.1 Å². The van der Waals surface area contributed by atoms with Gasteiger partial charge in [0.2, 0.25) is 0 Å². The Morgan fingerprint density at radius 2 is 1.85 bits per heavy atom. The summed E-state index contributed by atoms with van der Waals surface area (Å²) in [6.45, 7) is 3.05. The van der Waals surface area contributed by atoms with Crippen molar-refractivity contribution in [1.82, 2.24) is 5.32 Å². The first kappa shape index (κ1) is 14.5. The molecule has 0 aliphatic heterocycles. The van der Waals surface area contributed by atoms with Crippen LogP contribution in [0.2, 0.25) is 0 Å². The minimum absolute atomic E-state index is 0.0364. The molecule has 0 bridgehead atoms. The summed E-state index contributed by atoms with van der Waals surface area (Å²) in [5.74, 6) is -1.24. The second kappa shape index (κ2) is 7.01. The van der Waals surface area contributed by atoms with Crippen molar-refractivity contribution in [2.75, 3.05) is 13.2 Å². The van der Waals surface area contributed by atoms with Crippen molar-refractivity contribution in [1.29, 1.82) is 0 Å². The van der Waals surface area contributed by atoms with E-state index in [0.29, 0.717) is 0 Å². The first-order chi connectivity index (χ1) is 9.70. The lowest BCUT2D eigenvalue weighted by atomic mass is 10.1. The molecule has 0 spiro atoms. The number of benzene rings is 2. The van der Waals surface area contributed by atoms with Crippen molar-refractivity contribution < 1.29 is 13.5 Å². The summed E-state index contributed by atoms with van der Waals surface area (Å²) in [5.41, 5.74) is 1.07. The quantitative estimate of drug-likeness (QED) is 0.869. The zero-order chi connectivity index (χ0) is 14.4. The number of hydrogen-bond acceptors (Lipinski definition) is 2. The average molecular weight is 277 g/mol. The molecular weight excluding hydrogens is 260 g/mol. The average Bonchev–Trinajstić information content (AvgIpc) is 2.46. The maximum Gasteiger partial charge on any atom is 0.167 e. The molecule has 2 rings (SSSR count). The molecular formula is C16H17F2NO. The Hall–Kier alpha value is -1.94. The number of ether oxygens (including phenoxy) is 1. The van der Waals surface area contributed by atoms with Gasteiger partial charge in [0.25, 0.3) is 0 Å². The van der Waals surface area contributed by atoms with Crippen molar-refractivity contribution in [2.45, 2.75) is 13.0 Å². The van der Waals surface area contributed by atoms with E-state index < -0.39 is 11.6 Å². The summed E-state index contributed by atoms with van der Waals surface area (Å²) >= 11 is 0. The molecule has 20 heavy (non-hydrogen) atoms. The third-order valence-corrected chi connectivity index (χ3v) is 2.95. The molecule has 1 atom stereocenters. The topological polar surface area (TPSA) is 21.3 Å². The Balaban J connectivity index is 2.06. The van der Waals surface area contributed by atoms with E-state index in [-0.39, 0.29) is 18.4 Å². The Labute approximate surface area is 117 Å². The van der Waals surface area contributed by atoms with Crippen LogP contribution >= 0.6 is 0 Å². The van der Waals surface area contributed by atoms with Gasteiger partial charge in [-0.1, -0.05) is 37.3 Å². The van der Waals surface area contributed by atoms with E-state index in [9.17, 15) is 8.78 Å². The van der Waals surface area contributed by atoms with E-state index >= 15 is 0 Å². The van der Waals surface area contributed by atoms with Crippen LogP contribution in [-0.4, -0.2) is 13.2 Å². The van der Waals surface area contributed by atoms with Crippen molar-refractivity contribution in [3.8, 4) is 5.75 Å². The van der Waals surface area contributed by atoms with Crippen molar-refractivity contribution >= 4 is 0 Å². The highest BCUT2D eigenvalue weighted by Crippen LogP contribution is 2.20. The van der Waals surface area contributed by atoms with Gasteiger partial charge in [-0.2, -0.15) is 0 Å². The van der Waals surface area contributed by atoms with Crippen LogP contribution in [0, 0.1) is 11.6 Å². The SMILES string of the molecule is CCNC(COc1ccc(F)cc1F)c1ccccc1. The number of nitrogens with one attached hydrogen (secondary N) is 1. The summed E-state index contributed by atoms with van der Waals surface area (Å²) in [6, 6.07) is 13.1. The van der Waals surface area contributed by atoms with Gasteiger partial charge >= 0.3 is 0 Å². The monoisotopic (exact) mass is 277 g/mol. The maximum absolute atomic E-state index is 13.5. The second-order valence-corrected chi connectivity index (χ2v) is 4.41. The molecule has 4 heteroatoms. The highest BCUT2D eigenvalue weighted by molar-refractivity contribution is 5.25. The Morgan fingerprint density at radius 1 is 1.10 bits per heavy atom. The predicted octanol–water partition coefficient (Wildman–Crippen LogP) is 3.69. The van der Waals surface area contributed by atoms with Crippen molar-refractivity contribution in [3.05, 3.63) is 65.7 Å². The van der Waals surface area contributed by atoms with Gasteiger partial charge < -0.3 is 10.1 Å². The van der Waals surface area contributed by atoms with Crippen LogP contribution in [0.1, 0.15) is 18.5 Å². The highest BCUT2D eigenvalue weighted by atomic mass is 19.1. The van der Waals surface area contributed by atoms with Crippen molar-refractivity contribution in [3.63, 3.8) is 0 Å². The molecule has 0 heterocycles. The smallest absolute Gasteiger partial charge is 0.167 e. The first-order valence-corrected chi connectivity index (χ1v) is 6.57. The van der Waals surface area contributed by atoms with Crippen LogP contribution in [0.25, 0.3) is 0 Å². The minimum atomic E-state index is -0.687. The second-order valence-electron chi connectivity index (χ2n) is 4.41. The molecule has 0 aliphatic rings. The summed E-state index contributed by atoms with van der Waals surface area (Å²) in [5, 5.41) is 3.28. The fourth-order valence-electron chi connectivity index (χ4n) is 1.97. The molecule has 0 amide bonds. The lowest BCUT2D eigenvalue weighted by molar-refractivity contribution is 0.256. The van der Waals surface area contributed by atoms with Crippen LogP contribution in [0.5, 0.6) is 5.75 Å². The van der Waals surface area contributed by atoms with Gasteiger partial charge in [0.05, 0.1) is 6.04 Å². The van der Waals surface area contributed by atoms with Crippen LogP contribution in [0.4, 0.5) is 8.78 Å². The number of halogens is 2. The third kappa shape index (κ3) is 3.78. The Bertz CT molecular complexity index is 545. The summed E-state index contributed by atoms with van der Waals surface area (Å²) in [6.07, 6.45) is 0. The molecule has 1 unspecified atom stereocenters. The lowest BCUT2D eigenvalue weighted by Gasteiger charge is -2.19. The molecule has 0 saturated carbocycles. The van der Waals surface area contributed by atoms with E-state index in [1.807, 2.05) is 37.3 Å². The molecule has 0 saturated heterocycles. The van der Waals surface area contributed by atoms with E-state index in [4.69, 9.17) is 4.74 Å². The normalized spacial score (nSPS) is 12.2. The number of likely N-dealkylation sites (N-methyl/N-ethyl adjacent to an activating group) is 1. The van der Waals surface area contributed by atoms with Gasteiger partial charge in [0, 0.05) is 6.07 Å². The molecule has 106 valence electrons. The van der Waals surface area contributed by atoms with E-state index in [1.54, 1.807) is 0 Å². The van der Waals surface area contributed by atoms with Crippen LogP contribution in [-0.2, 0) is 0 Å². The molecule has 0 fully saturated rings. The Morgan fingerprint density at radius 3 is 2.50 bits per heavy atom. The maximum atomic E-state index is 13.5. The lowest BCUT2D eigenvalue weighted by Crippen LogP contribution is -2.26. The highest BCUT2D eigenvalue weighted by Gasteiger charge is 2.12. The predicted molar refractivity (Wildman–Crippen MR) is 74.7 cm³/mol. The first-order valence-electron chi connectivity index (χ1n) is 6.57. The van der Waals surface area contributed by atoms with E-state index in [2.05, 4.69) is 5.32 Å². The molecule has 1 N–H and O–H groups in total. The standard InChI is InChI=1S/C16H17F2NO/c1-2-19-15(12-6-4-3-5-7-12)11-20-16-9-8-13(17)10-14(16)18/h3-10,15,19H,2,11H2,1H3. The van der Waals surface area contributed by atoms with Gasteiger partial charge in [0.1, 0.15) is 12.4 Å². The van der Waals surface area contributed by atoms with Crippen LogP contribution in [0.3, 0.4) is 0 Å². The molecule has 2 aromatic carbocycles. The fraction of sp³-hybridized carbons (Fsp3) is 0.250. The van der Waals surface area contributed by atoms with Gasteiger partial charge in [-0.15, -0.1) is 0 Å².